The van der Waals surface area contributed by atoms with Crippen LogP contribution in [0.3, 0.4) is 0 Å². The molecule has 0 bridgehead atoms. The largest absolute Gasteiger partial charge is 0.329 e. The molecule has 5 heteroatoms. The number of H-pyrrole nitrogens is 1. The van der Waals surface area contributed by atoms with Crippen molar-refractivity contribution in [2.45, 2.75) is 19.4 Å². The van der Waals surface area contributed by atoms with Crippen molar-refractivity contribution in [3.63, 3.8) is 0 Å². The lowest BCUT2D eigenvalue weighted by Gasteiger charge is -2.14. The van der Waals surface area contributed by atoms with Crippen molar-refractivity contribution in [3.8, 4) is 0 Å². The van der Waals surface area contributed by atoms with Crippen molar-refractivity contribution >= 4 is 23.4 Å². The van der Waals surface area contributed by atoms with Gasteiger partial charge in [0.05, 0.1) is 5.52 Å². The van der Waals surface area contributed by atoms with E-state index in [0.717, 1.165) is 23.1 Å². The van der Waals surface area contributed by atoms with E-state index in [1.165, 1.54) is 12.1 Å². The molecular weight excluding hydrogens is 273 g/mol. The molecule has 0 aliphatic heterocycles. The zero-order chi connectivity index (χ0) is 14.1. The molecule has 0 saturated heterocycles. The molecule has 0 spiro atoms. The molecule has 2 aromatic heterocycles. The van der Waals surface area contributed by atoms with Crippen molar-refractivity contribution in [1.82, 2.24) is 14.5 Å². The number of hydrogen-bond acceptors (Lipinski definition) is 2. The van der Waals surface area contributed by atoms with Gasteiger partial charge in [-0.3, -0.25) is 4.57 Å². The molecule has 20 heavy (non-hydrogen) atoms. The van der Waals surface area contributed by atoms with Crippen LogP contribution in [-0.2, 0) is 6.42 Å². The van der Waals surface area contributed by atoms with Gasteiger partial charge in [-0.2, -0.15) is 0 Å². The number of benzene rings is 1. The number of halogens is 1. The summed E-state index contributed by atoms with van der Waals surface area (Å²) in [6.45, 7) is 2.08. The Hall–Kier alpha value is -2.01. The number of hydrogen-bond donors (Lipinski definition) is 1. The molecule has 1 aromatic carbocycles. The maximum Gasteiger partial charge on any atom is 0.179 e. The van der Waals surface area contributed by atoms with E-state index < -0.39 is 0 Å². The molecule has 1 unspecified atom stereocenters. The van der Waals surface area contributed by atoms with Crippen LogP contribution in [0.4, 0.5) is 4.39 Å². The van der Waals surface area contributed by atoms with Gasteiger partial charge in [0.15, 0.2) is 10.4 Å². The van der Waals surface area contributed by atoms with Crippen LogP contribution in [0.25, 0.3) is 11.2 Å². The summed E-state index contributed by atoms with van der Waals surface area (Å²) in [4.78, 5) is 7.54. The Morgan fingerprint density at radius 3 is 2.80 bits per heavy atom. The Bertz CT molecular complexity index is 789. The number of nitrogens with zero attached hydrogens (tertiary/aromatic N) is 2. The number of fused-ring (bicyclic) bond motifs is 1. The number of pyridine rings is 1. The molecule has 102 valence electrons. The summed E-state index contributed by atoms with van der Waals surface area (Å²) in [6.07, 6.45) is 2.53. The normalized spacial score (nSPS) is 12.7. The van der Waals surface area contributed by atoms with Gasteiger partial charge in [0.25, 0.3) is 0 Å². The summed E-state index contributed by atoms with van der Waals surface area (Å²) < 4.78 is 15.6. The maximum atomic E-state index is 12.9. The molecule has 2 heterocycles. The molecule has 0 saturated carbocycles. The maximum absolute atomic E-state index is 12.9. The van der Waals surface area contributed by atoms with Crippen molar-refractivity contribution < 1.29 is 4.39 Å². The highest BCUT2D eigenvalue weighted by molar-refractivity contribution is 7.71. The van der Waals surface area contributed by atoms with Gasteiger partial charge in [-0.1, -0.05) is 12.1 Å². The molecule has 3 nitrogen and oxygen atoms in total. The minimum Gasteiger partial charge on any atom is -0.329 e. The number of rotatable bonds is 3. The van der Waals surface area contributed by atoms with Crippen LogP contribution in [0.2, 0.25) is 0 Å². The first-order valence-corrected chi connectivity index (χ1v) is 6.85. The first kappa shape index (κ1) is 13.0. The predicted octanol–water partition coefficient (Wildman–Crippen LogP) is 4.04. The average molecular weight is 287 g/mol. The highest BCUT2D eigenvalue weighted by Gasteiger charge is 2.12. The molecule has 0 aliphatic carbocycles. The van der Waals surface area contributed by atoms with Gasteiger partial charge in [0.2, 0.25) is 0 Å². The van der Waals surface area contributed by atoms with Gasteiger partial charge in [0.1, 0.15) is 5.82 Å². The summed E-state index contributed by atoms with van der Waals surface area (Å²) in [5, 5.41) is 0. The monoisotopic (exact) mass is 287 g/mol. The smallest absolute Gasteiger partial charge is 0.179 e. The second-order valence-electron chi connectivity index (χ2n) is 4.85. The quantitative estimate of drug-likeness (QED) is 0.738. The number of aromatic amines is 1. The molecule has 0 aliphatic rings. The number of imidazole rings is 1. The molecule has 1 N–H and O–H groups in total. The Morgan fingerprint density at radius 2 is 2.05 bits per heavy atom. The number of aromatic nitrogens is 3. The van der Waals surface area contributed by atoms with Crippen molar-refractivity contribution in [2.75, 3.05) is 0 Å². The molecule has 1 atom stereocenters. The lowest BCUT2D eigenvalue weighted by Crippen LogP contribution is -2.09. The lowest BCUT2D eigenvalue weighted by molar-refractivity contribution is 0.548. The third-order valence-corrected chi connectivity index (χ3v) is 3.66. The highest BCUT2D eigenvalue weighted by atomic mass is 32.1. The third kappa shape index (κ3) is 2.36. The fourth-order valence-electron chi connectivity index (χ4n) is 2.42. The summed E-state index contributed by atoms with van der Waals surface area (Å²) in [6, 6.07) is 10.6. The minimum absolute atomic E-state index is 0.150. The van der Waals surface area contributed by atoms with E-state index in [0.29, 0.717) is 4.77 Å². The fraction of sp³-hybridized carbons (Fsp3) is 0.200. The molecule has 0 fully saturated rings. The van der Waals surface area contributed by atoms with Crippen molar-refractivity contribution in [2.24, 2.45) is 0 Å². The second-order valence-corrected chi connectivity index (χ2v) is 5.24. The summed E-state index contributed by atoms with van der Waals surface area (Å²) in [5.74, 6) is -0.216. The zero-order valence-corrected chi connectivity index (χ0v) is 11.8. The van der Waals surface area contributed by atoms with E-state index in [9.17, 15) is 4.39 Å². The van der Waals surface area contributed by atoms with Crippen LogP contribution in [0.5, 0.6) is 0 Å². The van der Waals surface area contributed by atoms with E-state index in [4.69, 9.17) is 12.2 Å². The first-order valence-electron chi connectivity index (χ1n) is 6.45. The van der Waals surface area contributed by atoms with Crippen molar-refractivity contribution in [3.05, 3.63) is 58.7 Å². The number of nitrogens with one attached hydrogen (secondary N) is 1. The molecular formula is C15H14FN3S. The molecule has 3 aromatic rings. The van der Waals surface area contributed by atoms with Crippen LogP contribution in [0, 0.1) is 10.6 Å². The Labute approximate surface area is 121 Å². The third-order valence-electron chi connectivity index (χ3n) is 3.36. The molecule has 0 radical (unpaired) electrons. The van der Waals surface area contributed by atoms with Crippen LogP contribution in [-0.4, -0.2) is 14.5 Å². The van der Waals surface area contributed by atoms with Crippen LogP contribution in [0.1, 0.15) is 18.5 Å². The fourth-order valence-corrected chi connectivity index (χ4v) is 2.80. The van der Waals surface area contributed by atoms with Gasteiger partial charge in [-0.15, -0.1) is 0 Å². The average Bonchev–Trinajstić information content (AvgIpc) is 2.77. The van der Waals surface area contributed by atoms with E-state index >= 15 is 0 Å². The topological polar surface area (TPSA) is 33.6 Å². The van der Waals surface area contributed by atoms with Crippen LogP contribution >= 0.6 is 12.2 Å². The lowest BCUT2D eigenvalue weighted by atomic mass is 10.1. The first-order chi connectivity index (χ1) is 9.65. The summed E-state index contributed by atoms with van der Waals surface area (Å²) in [5.41, 5.74) is 2.86. The second kappa shape index (κ2) is 5.17. The molecule has 3 rings (SSSR count). The molecule has 0 amide bonds. The van der Waals surface area contributed by atoms with E-state index in [1.807, 2.05) is 16.7 Å². The van der Waals surface area contributed by atoms with Crippen molar-refractivity contribution in [1.29, 1.82) is 0 Å². The van der Waals surface area contributed by atoms with E-state index in [1.54, 1.807) is 18.3 Å². The SMILES string of the molecule is CC(Cc1ccc(F)cc1)n1c(=S)[nH]c2cccnc21. The summed E-state index contributed by atoms with van der Waals surface area (Å²) in [7, 11) is 0. The van der Waals surface area contributed by atoms with Gasteiger partial charge < -0.3 is 4.98 Å². The minimum atomic E-state index is -0.216. The van der Waals surface area contributed by atoms with Gasteiger partial charge in [0, 0.05) is 12.2 Å². The van der Waals surface area contributed by atoms with E-state index in [2.05, 4.69) is 16.9 Å². The van der Waals surface area contributed by atoms with Crippen LogP contribution in [0.15, 0.2) is 42.6 Å². The zero-order valence-electron chi connectivity index (χ0n) is 11.0. The highest BCUT2D eigenvalue weighted by Crippen LogP contribution is 2.20. The standard InChI is InChI=1S/C15H14FN3S/c1-10(9-11-4-6-12(16)7-5-11)19-14-13(18-15(19)20)3-2-8-17-14/h2-8,10H,9H2,1H3,(H,18,20). The Kier molecular flexibility index (Phi) is 3.36. The Morgan fingerprint density at radius 1 is 1.30 bits per heavy atom. The van der Waals surface area contributed by atoms with E-state index in [-0.39, 0.29) is 11.9 Å². The Balaban J connectivity index is 1.96. The van der Waals surface area contributed by atoms with Gasteiger partial charge >= 0.3 is 0 Å². The van der Waals surface area contributed by atoms with Gasteiger partial charge in [-0.25, -0.2) is 9.37 Å². The van der Waals surface area contributed by atoms with Gasteiger partial charge in [-0.05, 0) is 55.4 Å². The predicted molar refractivity (Wildman–Crippen MR) is 79.7 cm³/mol. The summed E-state index contributed by atoms with van der Waals surface area (Å²) >= 11 is 5.37. The van der Waals surface area contributed by atoms with Crippen LogP contribution < -0.4 is 0 Å².